The van der Waals surface area contributed by atoms with Gasteiger partial charge in [-0.1, -0.05) is 32.4 Å². The Balaban J connectivity index is 1.73. The summed E-state index contributed by atoms with van der Waals surface area (Å²) in [5.74, 6) is 2.24. The van der Waals surface area contributed by atoms with Gasteiger partial charge in [0.25, 0.3) is 0 Å². The summed E-state index contributed by atoms with van der Waals surface area (Å²) in [4.78, 5) is 24.7. The van der Waals surface area contributed by atoms with Gasteiger partial charge in [-0.2, -0.15) is 0 Å². The Morgan fingerprint density at radius 2 is 1.78 bits per heavy atom. The summed E-state index contributed by atoms with van der Waals surface area (Å²) in [5.41, 5.74) is 0.943. The van der Waals surface area contributed by atoms with Gasteiger partial charge in [-0.05, 0) is 87.4 Å². The second kappa shape index (κ2) is 6.19. The third kappa shape index (κ3) is 2.45. The molecule has 4 aliphatic carbocycles. The fourth-order valence-electron chi connectivity index (χ4n) is 8.27. The second-order valence-corrected chi connectivity index (χ2v) is 10.5. The van der Waals surface area contributed by atoms with Crippen molar-refractivity contribution in [2.75, 3.05) is 0 Å². The molecule has 4 rings (SSSR count). The monoisotopic (exact) mass is 372 g/mol. The van der Waals surface area contributed by atoms with Gasteiger partial charge >= 0.3 is 5.97 Å². The summed E-state index contributed by atoms with van der Waals surface area (Å²) in [5, 5.41) is 0. The van der Waals surface area contributed by atoms with E-state index in [-0.39, 0.29) is 17.2 Å². The molecule has 0 saturated heterocycles. The number of Topliss-reactive ketones (excluding diaryl/α,β-unsaturated/α-hetero) is 1. The van der Waals surface area contributed by atoms with Crippen LogP contribution in [-0.4, -0.2) is 17.4 Å². The molecular weight excluding hydrogens is 336 g/mol. The maximum atomic E-state index is 12.8. The molecule has 27 heavy (non-hydrogen) atoms. The SMILES string of the molecule is CC(=O)O[C@]1(C(C)=O)CCC2C3C[C@H](C)C4=CCCC[C@]4(C)C3CC[C@@]21C. The number of hydrogen-bond acceptors (Lipinski definition) is 3. The average Bonchev–Trinajstić information content (AvgIpc) is 2.88. The lowest BCUT2D eigenvalue weighted by Crippen LogP contribution is -2.59. The predicted molar refractivity (Wildman–Crippen MR) is 106 cm³/mol. The van der Waals surface area contributed by atoms with E-state index in [2.05, 4.69) is 26.8 Å². The minimum Gasteiger partial charge on any atom is -0.451 e. The Bertz CT molecular complexity index is 694. The van der Waals surface area contributed by atoms with Gasteiger partial charge in [0.15, 0.2) is 11.4 Å². The fraction of sp³-hybridized carbons (Fsp3) is 0.833. The van der Waals surface area contributed by atoms with E-state index in [1.807, 2.05) is 0 Å². The summed E-state index contributed by atoms with van der Waals surface area (Å²) in [6.45, 7) is 10.3. The second-order valence-electron chi connectivity index (χ2n) is 10.5. The van der Waals surface area contributed by atoms with Crippen LogP contribution in [0.15, 0.2) is 11.6 Å². The highest BCUT2D eigenvalue weighted by molar-refractivity contribution is 5.89. The quantitative estimate of drug-likeness (QED) is 0.476. The van der Waals surface area contributed by atoms with Crippen LogP contribution in [0.3, 0.4) is 0 Å². The summed E-state index contributed by atoms with van der Waals surface area (Å²) < 4.78 is 5.87. The first-order valence-corrected chi connectivity index (χ1v) is 11.1. The molecule has 0 heterocycles. The van der Waals surface area contributed by atoms with Gasteiger partial charge in [0.05, 0.1) is 0 Å². The van der Waals surface area contributed by atoms with Crippen molar-refractivity contribution >= 4 is 11.8 Å². The topological polar surface area (TPSA) is 43.4 Å². The van der Waals surface area contributed by atoms with Crippen molar-refractivity contribution in [1.29, 1.82) is 0 Å². The normalized spacial score (nSPS) is 48.7. The van der Waals surface area contributed by atoms with E-state index in [1.54, 1.807) is 12.5 Å². The minimum absolute atomic E-state index is 0.0504. The third-order valence-corrected chi connectivity index (χ3v) is 9.34. The minimum atomic E-state index is -0.901. The highest BCUT2D eigenvalue weighted by Gasteiger charge is 2.68. The van der Waals surface area contributed by atoms with E-state index in [1.165, 1.54) is 32.6 Å². The molecule has 0 spiro atoms. The van der Waals surface area contributed by atoms with Crippen LogP contribution in [-0.2, 0) is 14.3 Å². The Labute approximate surface area is 164 Å². The van der Waals surface area contributed by atoms with E-state index in [0.717, 1.165) is 25.2 Å². The molecule has 150 valence electrons. The number of allylic oxidation sites excluding steroid dienone is 2. The Hall–Kier alpha value is -1.12. The Kier molecular flexibility index (Phi) is 4.40. The number of ketones is 1. The van der Waals surface area contributed by atoms with Crippen molar-refractivity contribution < 1.29 is 14.3 Å². The number of rotatable bonds is 2. The molecule has 3 fully saturated rings. The predicted octanol–water partition coefficient (Wildman–Crippen LogP) is 5.48. The highest BCUT2D eigenvalue weighted by atomic mass is 16.6. The fourth-order valence-corrected chi connectivity index (χ4v) is 8.27. The first-order chi connectivity index (χ1) is 12.7. The smallest absolute Gasteiger partial charge is 0.303 e. The van der Waals surface area contributed by atoms with Crippen LogP contribution in [0.4, 0.5) is 0 Å². The maximum Gasteiger partial charge on any atom is 0.303 e. The summed E-state index contributed by atoms with van der Waals surface area (Å²) in [6, 6.07) is 0. The van der Waals surface area contributed by atoms with Crippen LogP contribution in [0, 0.1) is 34.5 Å². The van der Waals surface area contributed by atoms with Crippen molar-refractivity contribution in [1.82, 2.24) is 0 Å². The summed E-state index contributed by atoms with van der Waals surface area (Å²) in [6.07, 6.45) is 11.5. The van der Waals surface area contributed by atoms with Gasteiger partial charge in [0.1, 0.15) is 0 Å². The molecule has 0 aromatic heterocycles. The highest BCUT2D eigenvalue weighted by Crippen LogP contribution is 2.69. The van der Waals surface area contributed by atoms with Crippen LogP contribution in [0.2, 0.25) is 0 Å². The summed E-state index contributed by atoms with van der Waals surface area (Å²) in [7, 11) is 0. The van der Waals surface area contributed by atoms with Gasteiger partial charge in [-0.15, -0.1) is 0 Å². The third-order valence-electron chi connectivity index (χ3n) is 9.34. The molecular formula is C24H36O3. The molecule has 3 saturated carbocycles. The Morgan fingerprint density at radius 3 is 2.44 bits per heavy atom. The number of fused-ring (bicyclic) bond motifs is 5. The molecule has 0 aromatic carbocycles. The lowest BCUT2D eigenvalue weighted by atomic mass is 9.45. The van der Waals surface area contributed by atoms with Crippen molar-refractivity contribution in [2.24, 2.45) is 34.5 Å². The van der Waals surface area contributed by atoms with Crippen LogP contribution in [0.1, 0.15) is 86.0 Å². The standard InChI is InChI=1S/C24H36O3/c1-15-14-18-20(22(4)11-7-6-8-19(15)22)9-12-23(5)21(18)10-13-24(23,16(2)25)27-17(3)26/h8,15,18,20-21H,6-7,9-14H2,1-5H3/t15-,18?,20?,21?,22-,23-,24-/m0/s1. The largest absolute Gasteiger partial charge is 0.451 e. The van der Waals surface area contributed by atoms with Crippen molar-refractivity contribution in [3.05, 3.63) is 11.6 Å². The lowest BCUT2D eigenvalue weighted by molar-refractivity contribution is -0.187. The van der Waals surface area contributed by atoms with Crippen molar-refractivity contribution in [3.8, 4) is 0 Å². The van der Waals surface area contributed by atoms with Crippen LogP contribution in [0.25, 0.3) is 0 Å². The van der Waals surface area contributed by atoms with Gasteiger partial charge in [-0.3, -0.25) is 9.59 Å². The van der Waals surface area contributed by atoms with E-state index in [9.17, 15) is 9.59 Å². The van der Waals surface area contributed by atoms with Crippen molar-refractivity contribution in [2.45, 2.75) is 91.6 Å². The number of hydrogen-bond donors (Lipinski definition) is 0. The van der Waals surface area contributed by atoms with E-state index in [0.29, 0.717) is 29.6 Å². The number of carbonyl (C=O) groups excluding carboxylic acids is 2. The number of ether oxygens (including phenoxy) is 1. The molecule has 0 aromatic rings. The van der Waals surface area contributed by atoms with Crippen LogP contribution >= 0.6 is 0 Å². The van der Waals surface area contributed by atoms with Gasteiger partial charge in [-0.25, -0.2) is 0 Å². The molecule has 0 bridgehead atoms. The van der Waals surface area contributed by atoms with Gasteiger partial charge in [0.2, 0.25) is 0 Å². The van der Waals surface area contributed by atoms with Crippen LogP contribution in [0.5, 0.6) is 0 Å². The van der Waals surface area contributed by atoms with Crippen LogP contribution < -0.4 is 0 Å². The van der Waals surface area contributed by atoms with E-state index >= 15 is 0 Å². The zero-order valence-electron chi connectivity index (χ0n) is 17.8. The molecule has 7 atom stereocenters. The molecule has 3 nitrogen and oxygen atoms in total. The molecule has 0 radical (unpaired) electrons. The average molecular weight is 373 g/mol. The Morgan fingerprint density at radius 1 is 1.07 bits per heavy atom. The van der Waals surface area contributed by atoms with Gasteiger partial charge in [0, 0.05) is 12.3 Å². The molecule has 0 N–H and O–H groups in total. The van der Waals surface area contributed by atoms with E-state index < -0.39 is 5.60 Å². The maximum absolute atomic E-state index is 12.8. The molecule has 4 aliphatic rings. The first-order valence-electron chi connectivity index (χ1n) is 11.1. The zero-order valence-corrected chi connectivity index (χ0v) is 17.8. The molecule has 3 heteroatoms. The summed E-state index contributed by atoms with van der Waals surface area (Å²) >= 11 is 0. The lowest BCUT2D eigenvalue weighted by Gasteiger charge is -2.60. The van der Waals surface area contributed by atoms with E-state index in [4.69, 9.17) is 4.74 Å². The first kappa shape index (κ1) is 19.2. The van der Waals surface area contributed by atoms with Gasteiger partial charge < -0.3 is 4.74 Å². The van der Waals surface area contributed by atoms with Crippen molar-refractivity contribution in [3.63, 3.8) is 0 Å². The zero-order chi connectivity index (χ0) is 19.6. The molecule has 3 unspecified atom stereocenters. The number of carbonyl (C=O) groups is 2. The molecule has 0 amide bonds. The number of esters is 1. The molecule has 0 aliphatic heterocycles.